The molecule has 0 aliphatic carbocycles. The number of benzene rings is 1. The molecule has 28 heavy (non-hydrogen) atoms. The van der Waals surface area contributed by atoms with E-state index < -0.39 is 23.5 Å². The second-order valence-electron chi connectivity index (χ2n) is 5.40. The molecule has 0 bridgehead atoms. The molecule has 2 heterocycles. The number of aromatic nitrogens is 3. The van der Waals surface area contributed by atoms with Crippen LogP contribution in [0.3, 0.4) is 0 Å². The fourth-order valence-electron chi connectivity index (χ4n) is 2.26. The molecule has 10 heteroatoms. The molecule has 3 rings (SSSR count). The number of carboxylic acids is 1. The van der Waals surface area contributed by atoms with Crippen molar-refractivity contribution in [2.45, 2.75) is 0 Å². The zero-order valence-electron chi connectivity index (χ0n) is 14.1. The van der Waals surface area contributed by atoms with Crippen molar-refractivity contribution in [3.8, 4) is 0 Å². The Morgan fingerprint density at radius 3 is 2.25 bits per heavy atom. The van der Waals surface area contributed by atoms with E-state index in [1.165, 1.54) is 36.8 Å². The molecule has 0 unspecified atom stereocenters. The highest BCUT2D eigenvalue weighted by atomic mass is 35.5. The summed E-state index contributed by atoms with van der Waals surface area (Å²) in [6, 6.07) is 7.60. The van der Waals surface area contributed by atoms with Crippen molar-refractivity contribution in [1.82, 2.24) is 15.0 Å². The number of carboxylic acid groups (broad SMARTS) is 1. The number of hydrogen-bond acceptors (Lipinski definition) is 6. The fourth-order valence-corrected chi connectivity index (χ4v) is 2.53. The number of halogens is 1. The Morgan fingerprint density at radius 1 is 0.893 bits per heavy atom. The zero-order chi connectivity index (χ0) is 20.1. The van der Waals surface area contributed by atoms with Crippen molar-refractivity contribution in [2.75, 3.05) is 10.6 Å². The molecule has 2 aromatic heterocycles. The van der Waals surface area contributed by atoms with E-state index in [0.717, 1.165) is 0 Å². The Hall–Kier alpha value is -3.85. The summed E-state index contributed by atoms with van der Waals surface area (Å²) < 4.78 is 0. The summed E-state index contributed by atoms with van der Waals surface area (Å²) in [5.41, 5.74) is 0.136. The van der Waals surface area contributed by atoms with Gasteiger partial charge in [0.15, 0.2) is 11.4 Å². The molecule has 0 aliphatic heterocycles. The lowest BCUT2D eigenvalue weighted by atomic mass is 10.1. The van der Waals surface area contributed by atoms with E-state index in [2.05, 4.69) is 25.6 Å². The van der Waals surface area contributed by atoms with Gasteiger partial charge in [-0.15, -0.1) is 0 Å². The lowest BCUT2D eigenvalue weighted by molar-refractivity contribution is 0.0684. The summed E-state index contributed by atoms with van der Waals surface area (Å²) in [6.07, 6.45) is 5.45. The number of nitrogens with zero attached hydrogens (tertiary/aromatic N) is 3. The van der Waals surface area contributed by atoms with Crippen LogP contribution in [-0.4, -0.2) is 37.8 Å². The molecule has 9 nitrogen and oxygen atoms in total. The van der Waals surface area contributed by atoms with Gasteiger partial charge in [-0.25, -0.2) is 14.8 Å². The molecule has 0 fully saturated rings. The quantitative estimate of drug-likeness (QED) is 0.602. The van der Waals surface area contributed by atoms with Crippen LogP contribution in [0.4, 0.5) is 11.4 Å². The molecule has 0 radical (unpaired) electrons. The predicted molar refractivity (Wildman–Crippen MR) is 101 cm³/mol. The number of aromatic carboxylic acids is 1. The number of anilines is 2. The molecular formula is C18H12ClN5O4. The Balaban J connectivity index is 1.77. The van der Waals surface area contributed by atoms with Gasteiger partial charge in [-0.3, -0.25) is 14.6 Å². The third kappa shape index (κ3) is 4.27. The molecule has 0 atom stereocenters. The molecule has 0 spiro atoms. The first-order chi connectivity index (χ1) is 13.5. The summed E-state index contributed by atoms with van der Waals surface area (Å²) >= 11 is 6.15. The Kier molecular flexibility index (Phi) is 5.56. The highest BCUT2D eigenvalue weighted by Crippen LogP contribution is 2.22. The number of carbonyl (C=O) groups excluding carboxylic acids is 2. The SMILES string of the molecule is O=C(Nc1cccnc1)c1ccc(NC(=O)c2nccnc2C(=O)O)cc1Cl. The second-order valence-corrected chi connectivity index (χ2v) is 5.81. The van der Waals surface area contributed by atoms with Gasteiger partial charge < -0.3 is 15.7 Å². The van der Waals surface area contributed by atoms with E-state index in [9.17, 15) is 14.4 Å². The van der Waals surface area contributed by atoms with Gasteiger partial charge in [-0.1, -0.05) is 11.6 Å². The van der Waals surface area contributed by atoms with Crippen LogP contribution in [0.15, 0.2) is 55.1 Å². The summed E-state index contributed by atoms with van der Waals surface area (Å²) in [4.78, 5) is 47.1. The van der Waals surface area contributed by atoms with Crippen molar-refractivity contribution in [3.05, 3.63) is 77.1 Å². The van der Waals surface area contributed by atoms with Gasteiger partial charge in [0.2, 0.25) is 0 Å². The summed E-state index contributed by atoms with van der Waals surface area (Å²) in [6.45, 7) is 0. The first-order valence-corrected chi connectivity index (χ1v) is 8.20. The highest BCUT2D eigenvalue weighted by Gasteiger charge is 2.20. The van der Waals surface area contributed by atoms with Gasteiger partial charge in [0.25, 0.3) is 11.8 Å². The van der Waals surface area contributed by atoms with Crippen LogP contribution < -0.4 is 10.6 Å². The van der Waals surface area contributed by atoms with Crippen molar-refractivity contribution in [3.63, 3.8) is 0 Å². The van der Waals surface area contributed by atoms with Crippen LogP contribution in [0, 0.1) is 0 Å². The van der Waals surface area contributed by atoms with Crippen molar-refractivity contribution in [1.29, 1.82) is 0 Å². The molecular weight excluding hydrogens is 386 g/mol. The fraction of sp³-hybridized carbons (Fsp3) is 0. The Labute approximate surface area is 163 Å². The Morgan fingerprint density at radius 2 is 1.61 bits per heavy atom. The van der Waals surface area contributed by atoms with Gasteiger partial charge in [0, 0.05) is 24.3 Å². The van der Waals surface area contributed by atoms with Crippen molar-refractivity contribution >= 4 is 40.8 Å². The minimum atomic E-state index is -1.38. The lowest BCUT2D eigenvalue weighted by Gasteiger charge is -2.10. The number of amides is 2. The van der Waals surface area contributed by atoms with Crippen LogP contribution in [0.2, 0.25) is 5.02 Å². The molecule has 0 saturated heterocycles. The lowest BCUT2D eigenvalue weighted by Crippen LogP contribution is -2.19. The summed E-state index contributed by atoms with van der Waals surface area (Å²) in [5.74, 6) is -2.59. The van der Waals surface area contributed by atoms with Gasteiger partial charge in [-0.2, -0.15) is 0 Å². The molecule has 0 aliphatic rings. The first-order valence-electron chi connectivity index (χ1n) is 7.82. The second kappa shape index (κ2) is 8.23. The van der Waals surface area contributed by atoms with Crippen LogP contribution in [0.1, 0.15) is 31.3 Å². The van der Waals surface area contributed by atoms with E-state index in [1.807, 2.05) is 0 Å². The van der Waals surface area contributed by atoms with E-state index in [1.54, 1.807) is 18.3 Å². The third-order valence-electron chi connectivity index (χ3n) is 3.51. The predicted octanol–water partition coefficient (Wildman–Crippen LogP) is 2.73. The minimum Gasteiger partial charge on any atom is -0.476 e. The van der Waals surface area contributed by atoms with Crippen LogP contribution in [-0.2, 0) is 0 Å². The van der Waals surface area contributed by atoms with Crippen molar-refractivity contribution < 1.29 is 19.5 Å². The number of rotatable bonds is 5. The number of nitrogens with one attached hydrogen (secondary N) is 2. The van der Waals surface area contributed by atoms with E-state index in [4.69, 9.17) is 16.7 Å². The number of hydrogen-bond donors (Lipinski definition) is 3. The standard InChI is InChI=1S/C18H12ClN5O4/c19-13-8-10(23-17(26)14-15(18(27)28)22-7-6-21-14)3-4-12(13)16(25)24-11-2-1-5-20-9-11/h1-9H,(H,23,26)(H,24,25)(H,27,28). The molecule has 3 N–H and O–H groups in total. The van der Waals surface area contributed by atoms with Gasteiger partial charge in [-0.05, 0) is 30.3 Å². The summed E-state index contributed by atoms with van der Waals surface area (Å²) in [7, 11) is 0. The Bertz CT molecular complexity index is 1060. The monoisotopic (exact) mass is 397 g/mol. The van der Waals surface area contributed by atoms with Crippen molar-refractivity contribution in [2.24, 2.45) is 0 Å². The average molecular weight is 398 g/mol. The van der Waals surface area contributed by atoms with E-state index in [0.29, 0.717) is 5.69 Å². The van der Waals surface area contributed by atoms with Gasteiger partial charge in [0.1, 0.15) is 0 Å². The molecule has 1 aromatic carbocycles. The minimum absolute atomic E-state index is 0.0943. The van der Waals surface area contributed by atoms with Crippen LogP contribution >= 0.6 is 11.6 Å². The van der Waals surface area contributed by atoms with E-state index >= 15 is 0 Å². The summed E-state index contributed by atoms with van der Waals surface area (Å²) in [5, 5.41) is 14.3. The molecule has 0 saturated carbocycles. The normalized spacial score (nSPS) is 10.2. The maximum atomic E-state index is 12.3. The smallest absolute Gasteiger partial charge is 0.356 e. The first kappa shape index (κ1) is 18.9. The topological polar surface area (TPSA) is 134 Å². The van der Waals surface area contributed by atoms with Gasteiger partial charge in [0.05, 0.1) is 22.5 Å². The average Bonchev–Trinajstić information content (AvgIpc) is 2.68. The van der Waals surface area contributed by atoms with E-state index in [-0.39, 0.29) is 22.0 Å². The molecule has 2 amide bonds. The number of carbonyl (C=O) groups is 3. The highest BCUT2D eigenvalue weighted by molar-refractivity contribution is 6.34. The van der Waals surface area contributed by atoms with Crippen LogP contribution in [0.25, 0.3) is 0 Å². The third-order valence-corrected chi connectivity index (χ3v) is 3.82. The van der Waals surface area contributed by atoms with Crippen LogP contribution in [0.5, 0.6) is 0 Å². The number of pyridine rings is 1. The largest absolute Gasteiger partial charge is 0.476 e. The maximum Gasteiger partial charge on any atom is 0.356 e. The molecule has 140 valence electrons. The zero-order valence-corrected chi connectivity index (χ0v) is 14.8. The molecule has 3 aromatic rings. The van der Waals surface area contributed by atoms with Gasteiger partial charge >= 0.3 is 5.97 Å². The maximum absolute atomic E-state index is 12.3.